The Morgan fingerprint density at radius 1 is 1.50 bits per heavy atom. The van der Waals surface area contributed by atoms with E-state index in [2.05, 4.69) is 16.6 Å². The zero-order chi connectivity index (χ0) is 13.4. The number of sulfonamides is 1. The zero-order valence-electron chi connectivity index (χ0n) is 10.8. The summed E-state index contributed by atoms with van der Waals surface area (Å²) in [7, 11) is -1.96. The van der Waals surface area contributed by atoms with Gasteiger partial charge in [-0.25, -0.2) is 18.1 Å². The molecule has 2 rings (SSSR count). The van der Waals surface area contributed by atoms with Crippen molar-refractivity contribution in [3.8, 4) is 0 Å². The second-order valence-electron chi connectivity index (χ2n) is 5.39. The molecule has 1 aliphatic rings. The van der Waals surface area contributed by atoms with Gasteiger partial charge in [-0.2, -0.15) is 0 Å². The van der Waals surface area contributed by atoms with E-state index < -0.39 is 10.0 Å². The number of rotatable bonds is 4. The number of aromatic nitrogens is 2. The van der Waals surface area contributed by atoms with Crippen molar-refractivity contribution in [1.82, 2.24) is 14.3 Å². The van der Waals surface area contributed by atoms with Crippen LogP contribution in [-0.4, -0.2) is 24.5 Å². The topological polar surface area (TPSA) is 90.0 Å². The van der Waals surface area contributed by atoms with Gasteiger partial charge in [0.15, 0.2) is 10.8 Å². The van der Waals surface area contributed by atoms with Gasteiger partial charge in [0.1, 0.15) is 0 Å². The number of nitrogen functional groups attached to an aromatic ring is 1. The van der Waals surface area contributed by atoms with E-state index in [9.17, 15) is 8.42 Å². The third kappa shape index (κ3) is 2.51. The fourth-order valence-corrected chi connectivity index (χ4v) is 3.94. The van der Waals surface area contributed by atoms with Gasteiger partial charge in [0.05, 0.1) is 6.33 Å². The maximum absolute atomic E-state index is 12.2. The molecule has 7 heteroatoms. The molecular formula is C11H20N4O2S. The van der Waals surface area contributed by atoms with Gasteiger partial charge in [-0.3, -0.25) is 0 Å². The van der Waals surface area contributed by atoms with Gasteiger partial charge in [-0.1, -0.05) is 19.8 Å². The van der Waals surface area contributed by atoms with Crippen molar-refractivity contribution in [3.05, 3.63) is 6.33 Å². The van der Waals surface area contributed by atoms with Gasteiger partial charge in [-0.05, 0) is 18.3 Å². The molecular weight excluding hydrogens is 252 g/mol. The summed E-state index contributed by atoms with van der Waals surface area (Å²) in [6.07, 6.45) is 5.88. The Labute approximate surface area is 108 Å². The third-order valence-corrected chi connectivity index (χ3v) is 5.19. The monoisotopic (exact) mass is 272 g/mol. The quantitative estimate of drug-likeness (QED) is 0.850. The van der Waals surface area contributed by atoms with Crippen LogP contribution < -0.4 is 10.5 Å². The lowest BCUT2D eigenvalue weighted by Gasteiger charge is -2.23. The van der Waals surface area contributed by atoms with E-state index in [0.717, 1.165) is 12.8 Å². The molecule has 1 aromatic heterocycles. The first kappa shape index (κ1) is 13.4. The molecule has 3 N–H and O–H groups in total. The smallest absolute Gasteiger partial charge is 0.260 e. The van der Waals surface area contributed by atoms with Gasteiger partial charge < -0.3 is 10.3 Å². The second-order valence-corrected chi connectivity index (χ2v) is 7.07. The van der Waals surface area contributed by atoms with Crippen LogP contribution in [0.3, 0.4) is 0 Å². The molecule has 18 heavy (non-hydrogen) atoms. The SMILES string of the molecule is Cn1cnc(N)c1S(=O)(=O)NCC1(C)CCCC1. The number of imidazole rings is 1. The van der Waals surface area contributed by atoms with E-state index in [1.54, 1.807) is 7.05 Å². The minimum Gasteiger partial charge on any atom is -0.381 e. The molecule has 1 aromatic rings. The van der Waals surface area contributed by atoms with Gasteiger partial charge in [0.25, 0.3) is 10.0 Å². The highest BCUT2D eigenvalue weighted by molar-refractivity contribution is 7.89. The lowest BCUT2D eigenvalue weighted by molar-refractivity contribution is 0.336. The molecule has 0 radical (unpaired) electrons. The summed E-state index contributed by atoms with van der Waals surface area (Å²) in [6, 6.07) is 0. The predicted octanol–water partition coefficient (Wildman–Crippen LogP) is 0.861. The normalized spacial score (nSPS) is 19.2. The fraction of sp³-hybridized carbons (Fsp3) is 0.727. The molecule has 102 valence electrons. The average molecular weight is 272 g/mol. The molecule has 0 atom stereocenters. The Morgan fingerprint density at radius 3 is 2.61 bits per heavy atom. The van der Waals surface area contributed by atoms with Gasteiger partial charge in [-0.15, -0.1) is 0 Å². The van der Waals surface area contributed by atoms with Crippen molar-refractivity contribution in [2.75, 3.05) is 12.3 Å². The molecule has 1 fully saturated rings. The summed E-state index contributed by atoms with van der Waals surface area (Å²) < 4.78 is 28.4. The van der Waals surface area contributed by atoms with Crippen LogP contribution in [0, 0.1) is 5.41 Å². The number of hydrogen-bond donors (Lipinski definition) is 2. The Balaban J connectivity index is 2.13. The number of nitrogens with zero attached hydrogens (tertiary/aromatic N) is 2. The van der Waals surface area contributed by atoms with Crippen LogP contribution in [0.4, 0.5) is 5.82 Å². The number of nitrogens with one attached hydrogen (secondary N) is 1. The molecule has 6 nitrogen and oxygen atoms in total. The molecule has 1 aliphatic carbocycles. The first-order chi connectivity index (χ1) is 8.34. The summed E-state index contributed by atoms with van der Waals surface area (Å²) in [6.45, 7) is 2.58. The standard InChI is InChI=1S/C11H20N4O2S/c1-11(5-3-4-6-11)7-14-18(16,17)10-9(12)13-8-15(10)2/h8,14H,3-7,12H2,1-2H3. The number of hydrogen-bond acceptors (Lipinski definition) is 4. The van der Waals surface area contributed by atoms with Gasteiger partial charge >= 0.3 is 0 Å². The van der Waals surface area contributed by atoms with Crippen LogP contribution in [0.1, 0.15) is 32.6 Å². The molecule has 0 aromatic carbocycles. The van der Waals surface area contributed by atoms with Gasteiger partial charge in [0, 0.05) is 13.6 Å². The highest BCUT2D eigenvalue weighted by Crippen LogP contribution is 2.37. The number of aryl methyl sites for hydroxylation is 1. The van der Waals surface area contributed by atoms with E-state index >= 15 is 0 Å². The molecule has 0 bridgehead atoms. The van der Waals surface area contributed by atoms with E-state index in [1.807, 2.05) is 0 Å². The molecule has 0 saturated heterocycles. The van der Waals surface area contributed by atoms with Crippen LogP contribution in [0.2, 0.25) is 0 Å². The fourth-order valence-electron chi connectivity index (χ4n) is 2.51. The third-order valence-electron chi connectivity index (χ3n) is 3.66. The Morgan fingerprint density at radius 2 is 2.11 bits per heavy atom. The first-order valence-corrected chi connectivity index (χ1v) is 7.59. The van der Waals surface area contributed by atoms with Gasteiger partial charge in [0.2, 0.25) is 0 Å². The van der Waals surface area contributed by atoms with Crippen LogP contribution in [-0.2, 0) is 17.1 Å². The minimum atomic E-state index is -3.58. The summed E-state index contributed by atoms with van der Waals surface area (Å²) in [5.41, 5.74) is 5.66. The minimum absolute atomic E-state index is 0.0431. The van der Waals surface area contributed by atoms with Crippen LogP contribution >= 0.6 is 0 Å². The Bertz CT molecular complexity index is 510. The van der Waals surface area contributed by atoms with E-state index in [-0.39, 0.29) is 16.3 Å². The van der Waals surface area contributed by atoms with Crippen LogP contribution in [0.15, 0.2) is 11.4 Å². The molecule has 1 heterocycles. The van der Waals surface area contributed by atoms with Crippen molar-refractivity contribution in [2.45, 2.75) is 37.6 Å². The largest absolute Gasteiger partial charge is 0.381 e. The highest BCUT2D eigenvalue weighted by Gasteiger charge is 2.31. The number of nitrogens with two attached hydrogens (primary N) is 1. The average Bonchev–Trinajstić information content (AvgIpc) is 2.85. The van der Waals surface area contributed by atoms with E-state index in [4.69, 9.17) is 5.73 Å². The summed E-state index contributed by atoms with van der Waals surface area (Å²) in [5, 5.41) is 0.0455. The van der Waals surface area contributed by atoms with Crippen molar-refractivity contribution >= 4 is 15.8 Å². The highest BCUT2D eigenvalue weighted by atomic mass is 32.2. The first-order valence-electron chi connectivity index (χ1n) is 6.11. The molecule has 0 amide bonds. The van der Waals surface area contributed by atoms with Crippen molar-refractivity contribution in [1.29, 1.82) is 0 Å². The molecule has 1 saturated carbocycles. The summed E-state index contributed by atoms with van der Waals surface area (Å²) >= 11 is 0. The summed E-state index contributed by atoms with van der Waals surface area (Å²) in [4.78, 5) is 3.80. The van der Waals surface area contributed by atoms with Crippen molar-refractivity contribution in [3.63, 3.8) is 0 Å². The molecule has 0 aliphatic heterocycles. The van der Waals surface area contributed by atoms with Crippen LogP contribution in [0.25, 0.3) is 0 Å². The van der Waals surface area contributed by atoms with Crippen LogP contribution in [0.5, 0.6) is 0 Å². The van der Waals surface area contributed by atoms with Crippen molar-refractivity contribution < 1.29 is 8.42 Å². The Hall–Kier alpha value is -1.08. The molecule has 0 unspecified atom stereocenters. The maximum atomic E-state index is 12.2. The lowest BCUT2D eigenvalue weighted by atomic mass is 9.89. The predicted molar refractivity (Wildman–Crippen MR) is 69.4 cm³/mol. The zero-order valence-corrected chi connectivity index (χ0v) is 11.6. The van der Waals surface area contributed by atoms with Crippen molar-refractivity contribution in [2.24, 2.45) is 12.5 Å². The maximum Gasteiger partial charge on any atom is 0.260 e. The number of anilines is 1. The van der Waals surface area contributed by atoms with E-state index in [0.29, 0.717) is 6.54 Å². The summed E-state index contributed by atoms with van der Waals surface area (Å²) in [5.74, 6) is 0.0431. The second kappa shape index (κ2) is 4.55. The lowest BCUT2D eigenvalue weighted by Crippen LogP contribution is -2.35. The van der Waals surface area contributed by atoms with E-state index in [1.165, 1.54) is 23.7 Å². The molecule has 0 spiro atoms. The Kier molecular flexibility index (Phi) is 3.37.